The molecule has 2 rings (SSSR count). The highest BCUT2D eigenvalue weighted by Gasteiger charge is 2.17. The maximum absolute atomic E-state index is 13.5. The molecule has 0 aliphatic carbocycles. The van der Waals surface area contributed by atoms with Crippen LogP contribution in [0.5, 0.6) is 0 Å². The van der Waals surface area contributed by atoms with E-state index in [9.17, 15) is 9.18 Å². The van der Waals surface area contributed by atoms with E-state index in [0.717, 1.165) is 19.6 Å². The van der Waals surface area contributed by atoms with Crippen LogP contribution in [0.25, 0.3) is 0 Å². The Balaban J connectivity index is 1.80. The zero-order chi connectivity index (χ0) is 14.5. The molecule has 0 unspecified atom stereocenters. The zero-order valence-electron chi connectivity index (χ0n) is 11.7. The van der Waals surface area contributed by atoms with Gasteiger partial charge in [0.15, 0.2) is 0 Å². The summed E-state index contributed by atoms with van der Waals surface area (Å²) in [7, 11) is 0. The van der Waals surface area contributed by atoms with Crippen molar-refractivity contribution in [1.82, 2.24) is 4.90 Å². The molecule has 1 saturated heterocycles. The molecule has 0 bridgehead atoms. The first-order valence-electron chi connectivity index (χ1n) is 7.02. The second-order valence-electron chi connectivity index (χ2n) is 5.47. The van der Waals surface area contributed by atoms with Crippen molar-refractivity contribution in [3.63, 3.8) is 0 Å². The molecule has 1 aromatic carbocycles. The molecule has 0 radical (unpaired) electrons. The van der Waals surface area contributed by atoms with Gasteiger partial charge in [0.1, 0.15) is 5.82 Å². The summed E-state index contributed by atoms with van der Waals surface area (Å²) in [4.78, 5) is 14.1. The highest BCUT2D eigenvalue weighted by atomic mass is 35.5. The summed E-state index contributed by atoms with van der Waals surface area (Å²) in [5.74, 6) is 0.0300. The van der Waals surface area contributed by atoms with Crippen LogP contribution >= 0.6 is 11.6 Å². The number of carbonyl (C=O) groups is 1. The van der Waals surface area contributed by atoms with Gasteiger partial charge < -0.3 is 10.2 Å². The van der Waals surface area contributed by atoms with E-state index in [1.54, 1.807) is 6.07 Å². The number of hydrogen-bond donors (Lipinski definition) is 1. The van der Waals surface area contributed by atoms with Crippen LogP contribution in [0.4, 0.5) is 10.1 Å². The molecule has 5 heteroatoms. The smallest absolute Gasteiger partial charge is 0.225 e. The quantitative estimate of drug-likeness (QED) is 0.922. The number of anilines is 1. The van der Waals surface area contributed by atoms with E-state index in [1.807, 2.05) is 0 Å². The first-order valence-corrected chi connectivity index (χ1v) is 7.39. The average molecular weight is 299 g/mol. The van der Waals surface area contributed by atoms with Crippen LogP contribution in [-0.4, -0.2) is 30.4 Å². The number of nitrogens with one attached hydrogen (secondary N) is 1. The van der Waals surface area contributed by atoms with Gasteiger partial charge in [-0.2, -0.15) is 0 Å². The molecule has 1 amide bonds. The molecule has 3 nitrogen and oxygen atoms in total. The molecule has 0 saturated carbocycles. The molecule has 0 aromatic heterocycles. The monoisotopic (exact) mass is 298 g/mol. The van der Waals surface area contributed by atoms with Gasteiger partial charge in [0.2, 0.25) is 5.91 Å². The second kappa shape index (κ2) is 7.04. The summed E-state index contributed by atoms with van der Waals surface area (Å²) in [5.41, 5.74) is 0.186. The standard InChI is InChI=1S/C15H20ClFN2O/c1-11-3-2-7-19(10-11)8-6-15(20)18-14-5-4-12(16)9-13(14)17/h4-5,9,11H,2-3,6-8,10H2,1H3,(H,18,20)/t11-/m0/s1. The first-order chi connectivity index (χ1) is 9.54. The topological polar surface area (TPSA) is 32.3 Å². The Hall–Kier alpha value is -1.13. The van der Waals surface area contributed by atoms with E-state index in [1.165, 1.54) is 25.0 Å². The minimum Gasteiger partial charge on any atom is -0.324 e. The Labute approximate surface area is 124 Å². The van der Waals surface area contributed by atoms with Gasteiger partial charge in [-0.3, -0.25) is 4.79 Å². The maximum atomic E-state index is 13.5. The van der Waals surface area contributed by atoms with E-state index < -0.39 is 5.82 Å². The lowest BCUT2D eigenvalue weighted by molar-refractivity contribution is -0.116. The van der Waals surface area contributed by atoms with E-state index in [0.29, 0.717) is 17.4 Å². The summed E-state index contributed by atoms with van der Waals surface area (Å²) in [6.07, 6.45) is 2.84. The lowest BCUT2D eigenvalue weighted by Gasteiger charge is -2.30. The molecule has 1 heterocycles. The number of benzene rings is 1. The number of carbonyl (C=O) groups excluding carboxylic acids is 1. The predicted octanol–water partition coefficient (Wildman–Crippen LogP) is 3.54. The molecule has 1 aromatic rings. The van der Waals surface area contributed by atoms with Crippen molar-refractivity contribution in [2.45, 2.75) is 26.2 Å². The molecular weight excluding hydrogens is 279 g/mol. The average Bonchev–Trinajstić information content (AvgIpc) is 2.40. The molecule has 1 aliphatic heterocycles. The van der Waals surface area contributed by atoms with E-state index in [2.05, 4.69) is 17.1 Å². The number of rotatable bonds is 4. The second-order valence-corrected chi connectivity index (χ2v) is 5.91. The highest BCUT2D eigenvalue weighted by Crippen LogP contribution is 2.19. The van der Waals surface area contributed by atoms with Crippen molar-refractivity contribution < 1.29 is 9.18 Å². The number of halogens is 2. The first kappa shape index (κ1) is 15.3. The van der Waals surface area contributed by atoms with Crippen LogP contribution < -0.4 is 5.32 Å². The SMILES string of the molecule is C[C@H]1CCCN(CCC(=O)Nc2ccc(Cl)cc2F)C1. The summed E-state index contributed by atoms with van der Waals surface area (Å²) in [6.45, 7) is 5.05. The van der Waals surface area contributed by atoms with Crippen molar-refractivity contribution in [3.8, 4) is 0 Å². The predicted molar refractivity (Wildman–Crippen MR) is 79.5 cm³/mol. The fourth-order valence-electron chi connectivity index (χ4n) is 2.55. The van der Waals surface area contributed by atoms with Gasteiger partial charge >= 0.3 is 0 Å². The lowest BCUT2D eigenvalue weighted by atomic mass is 10.0. The van der Waals surface area contributed by atoms with Crippen molar-refractivity contribution >= 4 is 23.2 Å². The molecule has 1 atom stereocenters. The van der Waals surface area contributed by atoms with Crippen LogP contribution in [0.15, 0.2) is 18.2 Å². The summed E-state index contributed by atoms with van der Waals surface area (Å²) in [5, 5.41) is 2.91. The Morgan fingerprint density at radius 1 is 1.55 bits per heavy atom. The maximum Gasteiger partial charge on any atom is 0.225 e. The lowest BCUT2D eigenvalue weighted by Crippen LogP contribution is -2.36. The minimum atomic E-state index is -0.502. The number of likely N-dealkylation sites (tertiary alicyclic amines) is 1. The third-order valence-corrected chi connectivity index (χ3v) is 3.84. The van der Waals surface area contributed by atoms with E-state index in [-0.39, 0.29) is 11.6 Å². The zero-order valence-corrected chi connectivity index (χ0v) is 12.4. The molecule has 1 aliphatic rings. The molecule has 1 N–H and O–H groups in total. The Morgan fingerprint density at radius 3 is 3.05 bits per heavy atom. The fourth-order valence-corrected chi connectivity index (χ4v) is 2.71. The minimum absolute atomic E-state index is 0.163. The van der Waals surface area contributed by atoms with Crippen LogP contribution in [0.3, 0.4) is 0 Å². The van der Waals surface area contributed by atoms with Crippen LogP contribution in [0.2, 0.25) is 5.02 Å². The van der Waals surface area contributed by atoms with Crippen molar-refractivity contribution in [1.29, 1.82) is 0 Å². The van der Waals surface area contributed by atoms with Gasteiger partial charge in [0, 0.05) is 24.5 Å². The molecule has 0 spiro atoms. The van der Waals surface area contributed by atoms with Gasteiger partial charge in [-0.15, -0.1) is 0 Å². The largest absolute Gasteiger partial charge is 0.324 e. The Kier molecular flexibility index (Phi) is 5.38. The number of piperidine rings is 1. The Bertz CT molecular complexity index is 481. The molecule has 20 heavy (non-hydrogen) atoms. The molecule has 110 valence electrons. The third-order valence-electron chi connectivity index (χ3n) is 3.60. The number of amides is 1. The van der Waals surface area contributed by atoms with Gasteiger partial charge in [-0.05, 0) is 43.5 Å². The van der Waals surface area contributed by atoms with Crippen LogP contribution in [0, 0.1) is 11.7 Å². The van der Waals surface area contributed by atoms with Crippen LogP contribution in [-0.2, 0) is 4.79 Å². The normalized spacial score (nSPS) is 19.9. The van der Waals surface area contributed by atoms with Crippen LogP contribution in [0.1, 0.15) is 26.2 Å². The van der Waals surface area contributed by atoms with E-state index in [4.69, 9.17) is 11.6 Å². The third kappa shape index (κ3) is 4.46. The highest BCUT2D eigenvalue weighted by molar-refractivity contribution is 6.30. The van der Waals surface area contributed by atoms with Gasteiger partial charge in [0.05, 0.1) is 5.69 Å². The number of nitrogens with zero attached hydrogens (tertiary/aromatic N) is 1. The fraction of sp³-hybridized carbons (Fsp3) is 0.533. The summed E-state index contributed by atoms with van der Waals surface area (Å²) >= 11 is 5.67. The van der Waals surface area contributed by atoms with Gasteiger partial charge in [0.25, 0.3) is 0 Å². The van der Waals surface area contributed by atoms with Crippen molar-refractivity contribution in [2.24, 2.45) is 5.92 Å². The van der Waals surface area contributed by atoms with E-state index >= 15 is 0 Å². The molecule has 1 fully saturated rings. The Morgan fingerprint density at radius 2 is 2.35 bits per heavy atom. The van der Waals surface area contributed by atoms with Crippen molar-refractivity contribution in [2.75, 3.05) is 25.0 Å². The summed E-state index contributed by atoms with van der Waals surface area (Å²) in [6, 6.07) is 4.24. The molecular formula is C15H20ClFN2O. The van der Waals surface area contributed by atoms with Gasteiger partial charge in [-0.1, -0.05) is 18.5 Å². The van der Waals surface area contributed by atoms with Gasteiger partial charge in [-0.25, -0.2) is 4.39 Å². The summed E-state index contributed by atoms with van der Waals surface area (Å²) < 4.78 is 13.5. The number of hydrogen-bond acceptors (Lipinski definition) is 2. The van der Waals surface area contributed by atoms with Crippen molar-refractivity contribution in [3.05, 3.63) is 29.0 Å².